The number of nitrogens with zero attached hydrogens (tertiary/aromatic N) is 1. The number of aromatic carboxylic acids is 1. The maximum absolute atomic E-state index is 12.8. The van der Waals surface area contributed by atoms with Crippen molar-refractivity contribution in [2.24, 2.45) is 5.92 Å². The van der Waals surface area contributed by atoms with Gasteiger partial charge < -0.3 is 5.11 Å². The number of carboxylic acids is 1. The van der Waals surface area contributed by atoms with Gasteiger partial charge in [-0.3, -0.25) is 4.98 Å². The van der Waals surface area contributed by atoms with Gasteiger partial charge in [-0.25, -0.2) is 4.79 Å². The van der Waals surface area contributed by atoms with E-state index < -0.39 is 18.1 Å². The second-order valence-corrected chi connectivity index (χ2v) is 5.12. The molecular formula is C14H16F3NO2. The van der Waals surface area contributed by atoms with Crippen molar-refractivity contribution in [3.8, 4) is 0 Å². The Labute approximate surface area is 114 Å². The van der Waals surface area contributed by atoms with Crippen molar-refractivity contribution in [2.75, 3.05) is 0 Å². The molecule has 3 nitrogen and oxygen atoms in total. The molecule has 1 aliphatic carbocycles. The number of pyridine rings is 1. The fourth-order valence-electron chi connectivity index (χ4n) is 2.60. The first-order valence-electron chi connectivity index (χ1n) is 6.64. The smallest absolute Gasteiger partial charge is 0.392 e. The van der Waals surface area contributed by atoms with Crippen LogP contribution in [0, 0.1) is 5.92 Å². The Morgan fingerprint density at radius 3 is 2.75 bits per heavy atom. The van der Waals surface area contributed by atoms with Gasteiger partial charge in [-0.1, -0.05) is 13.3 Å². The minimum absolute atomic E-state index is 0.0292. The molecule has 20 heavy (non-hydrogen) atoms. The third-order valence-corrected chi connectivity index (χ3v) is 3.65. The third-order valence-electron chi connectivity index (χ3n) is 3.65. The van der Waals surface area contributed by atoms with Crippen LogP contribution < -0.4 is 0 Å². The van der Waals surface area contributed by atoms with Crippen LogP contribution in [0.1, 0.15) is 47.1 Å². The molecule has 1 aromatic rings. The lowest BCUT2D eigenvalue weighted by molar-refractivity contribution is -0.177. The lowest BCUT2D eigenvalue weighted by Gasteiger charge is -2.26. The van der Waals surface area contributed by atoms with E-state index in [1.807, 2.05) is 6.92 Å². The maximum atomic E-state index is 12.8. The molecule has 1 atom stereocenters. The number of fused-ring (bicyclic) bond motifs is 1. The summed E-state index contributed by atoms with van der Waals surface area (Å²) in [6.45, 7) is 1.91. The highest BCUT2D eigenvalue weighted by Crippen LogP contribution is 2.37. The number of carbonyl (C=O) groups is 1. The molecule has 6 heteroatoms. The molecule has 0 amide bonds. The van der Waals surface area contributed by atoms with Crippen LogP contribution in [0.5, 0.6) is 0 Å². The molecule has 0 saturated heterocycles. The summed E-state index contributed by atoms with van der Waals surface area (Å²) in [7, 11) is 0. The highest BCUT2D eigenvalue weighted by molar-refractivity contribution is 5.89. The number of aromatic nitrogens is 1. The summed E-state index contributed by atoms with van der Waals surface area (Å²) in [6.07, 6.45) is -2.84. The van der Waals surface area contributed by atoms with Crippen molar-refractivity contribution in [2.45, 2.75) is 45.2 Å². The van der Waals surface area contributed by atoms with Gasteiger partial charge >= 0.3 is 12.1 Å². The number of hydrogen-bond donors (Lipinski definition) is 1. The molecule has 0 bridgehead atoms. The normalized spacial score (nSPS) is 18.7. The zero-order valence-electron chi connectivity index (χ0n) is 11.1. The van der Waals surface area contributed by atoms with E-state index in [1.54, 1.807) is 0 Å². The van der Waals surface area contributed by atoms with Crippen LogP contribution in [0.25, 0.3) is 0 Å². The molecule has 1 N–H and O–H groups in total. The lowest BCUT2D eigenvalue weighted by Crippen LogP contribution is -2.29. The van der Waals surface area contributed by atoms with Gasteiger partial charge in [0.2, 0.25) is 0 Å². The Morgan fingerprint density at radius 1 is 1.50 bits per heavy atom. The number of halogens is 3. The topological polar surface area (TPSA) is 50.2 Å². The molecule has 0 aliphatic heterocycles. The second-order valence-electron chi connectivity index (χ2n) is 5.12. The minimum atomic E-state index is -4.23. The molecule has 0 fully saturated rings. The number of carboxylic acid groups (broad SMARTS) is 1. The molecular weight excluding hydrogens is 271 g/mol. The monoisotopic (exact) mass is 287 g/mol. The van der Waals surface area contributed by atoms with Gasteiger partial charge in [0.05, 0.1) is 17.2 Å². The van der Waals surface area contributed by atoms with E-state index >= 15 is 0 Å². The van der Waals surface area contributed by atoms with Gasteiger partial charge in [0, 0.05) is 5.69 Å². The highest BCUT2D eigenvalue weighted by atomic mass is 19.4. The van der Waals surface area contributed by atoms with E-state index in [9.17, 15) is 18.0 Å². The van der Waals surface area contributed by atoms with Gasteiger partial charge in [0.1, 0.15) is 0 Å². The summed E-state index contributed by atoms with van der Waals surface area (Å²) in [5.41, 5.74) is 1.56. The quantitative estimate of drug-likeness (QED) is 0.927. The van der Waals surface area contributed by atoms with Crippen LogP contribution in [0.3, 0.4) is 0 Å². The Morgan fingerprint density at radius 2 is 2.20 bits per heavy atom. The Kier molecular flexibility index (Phi) is 4.01. The standard InChI is InChI=1S/C14H16F3NO2/c1-2-3-12-10(13(19)20)7-8-6-9(14(15,16)17)4-5-11(8)18-12/h7,9H,2-6H2,1H3,(H,19,20). The minimum Gasteiger partial charge on any atom is -0.478 e. The molecule has 0 saturated carbocycles. The first kappa shape index (κ1) is 14.8. The van der Waals surface area contributed by atoms with Crippen LogP contribution >= 0.6 is 0 Å². The Hall–Kier alpha value is -1.59. The van der Waals surface area contributed by atoms with Crippen LogP contribution in [-0.4, -0.2) is 22.2 Å². The number of hydrogen-bond acceptors (Lipinski definition) is 2. The van der Waals surface area contributed by atoms with E-state index in [0.717, 1.165) is 6.42 Å². The van der Waals surface area contributed by atoms with E-state index in [4.69, 9.17) is 5.11 Å². The maximum Gasteiger partial charge on any atom is 0.392 e. The van der Waals surface area contributed by atoms with Crippen molar-refractivity contribution in [1.29, 1.82) is 0 Å². The van der Waals surface area contributed by atoms with E-state index in [0.29, 0.717) is 23.4 Å². The van der Waals surface area contributed by atoms with Crippen LogP contribution in [0.4, 0.5) is 13.2 Å². The number of rotatable bonds is 3. The predicted octanol–water partition coefficient (Wildman–Crippen LogP) is 3.40. The summed E-state index contributed by atoms with van der Waals surface area (Å²) < 4.78 is 38.3. The van der Waals surface area contributed by atoms with Gasteiger partial charge in [-0.05, 0) is 37.3 Å². The SMILES string of the molecule is CCCc1nc2c(cc1C(=O)O)CC(C(F)(F)F)CC2. The first-order chi connectivity index (χ1) is 9.32. The van der Waals surface area contributed by atoms with Crippen molar-refractivity contribution in [1.82, 2.24) is 4.98 Å². The molecule has 0 radical (unpaired) electrons. The summed E-state index contributed by atoms with van der Waals surface area (Å²) in [6, 6.07) is 1.38. The molecule has 1 aromatic heterocycles. The third kappa shape index (κ3) is 2.94. The molecule has 0 aromatic carbocycles. The molecule has 1 unspecified atom stereocenters. The lowest BCUT2D eigenvalue weighted by atomic mass is 9.85. The Bertz CT molecular complexity index is 526. The molecule has 110 valence electrons. The van der Waals surface area contributed by atoms with Gasteiger partial charge in [0.15, 0.2) is 0 Å². The van der Waals surface area contributed by atoms with Gasteiger partial charge in [-0.15, -0.1) is 0 Å². The zero-order chi connectivity index (χ0) is 14.9. The first-order valence-corrected chi connectivity index (χ1v) is 6.64. The van der Waals surface area contributed by atoms with Crippen molar-refractivity contribution in [3.05, 3.63) is 28.6 Å². The van der Waals surface area contributed by atoms with Gasteiger partial charge in [-0.2, -0.15) is 13.2 Å². The summed E-state index contributed by atoms with van der Waals surface area (Å²) in [5.74, 6) is -2.52. The fraction of sp³-hybridized carbons (Fsp3) is 0.571. The van der Waals surface area contributed by atoms with Crippen LogP contribution in [0.2, 0.25) is 0 Å². The molecule has 2 rings (SSSR count). The summed E-state index contributed by atoms with van der Waals surface area (Å²) >= 11 is 0. The van der Waals surface area contributed by atoms with Crippen LogP contribution in [0.15, 0.2) is 6.07 Å². The number of alkyl halides is 3. The van der Waals surface area contributed by atoms with Crippen LogP contribution in [-0.2, 0) is 19.3 Å². The molecule has 1 heterocycles. The molecule has 1 aliphatic rings. The van der Waals surface area contributed by atoms with Crippen molar-refractivity contribution >= 4 is 5.97 Å². The highest BCUT2D eigenvalue weighted by Gasteiger charge is 2.41. The average Bonchev–Trinajstić information content (AvgIpc) is 2.36. The van der Waals surface area contributed by atoms with E-state index in [2.05, 4.69) is 4.98 Å². The zero-order valence-corrected chi connectivity index (χ0v) is 11.1. The van der Waals surface area contributed by atoms with Crippen molar-refractivity contribution < 1.29 is 23.1 Å². The van der Waals surface area contributed by atoms with E-state index in [-0.39, 0.29) is 24.8 Å². The van der Waals surface area contributed by atoms with E-state index in [1.165, 1.54) is 6.07 Å². The second kappa shape index (κ2) is 5.42. The average molecular weight is 287 g/mol. The summed E-state index contributed by atoms with van der Waals surface area (Å²) in [4.78, 5) is 15.5. The van der Waals surface area contributed by atoms with Gasteiger partial charge in [0.25, 0.3) is 0 Å². The molecule has 0 spiro atoms. The van der Waals surface area contributed by atoms with Crippen molar-refractivity contribution in [3.63, 3.8) is 0 Å². The Balaban J connectivity index is 2.38. The number of aryl methyl sites for hydroxylation is 2. The fourth-order valence-corrected chi connectivity index (χ4v) is 2.60. The largest absolute Gasteiger partial charge is 0.478 e. The predicted molar refractivity (Wildman–Crippen MR) is 66.8 cm³/mol. The summed E-state index contributed by atoms with van der Waals surface area (Å²) in [5, 5.41) is 9.16.